The first-order valence-electron chi connectivity index (χ1n) is 19.5. The number of para-hydroxylation sites is 2. The highest BCUT2D eigenvalue weighted by Crippen LogP contribution is 2.49. The van der Waals surface area contributed by atoms with E-state index in [1.54, 1.807) is 0 Å². The van der Waals surface area contributed by atoms with Crippen molar-refractivity contribution in [3.63, 3.8) is 0 Å². The van der Waals surface area contributed by atoms with Crippen molar-refractivity contribution in [1.29, 1.82) is 0 Å². The van der Waals surface area contributed by atoms with E-state index >= 15 is 0 Å². The van der Waals surface area contributed by atoms with Crippen LogP contribution in [0.3, 0.4) is 0 Å². The fourth-order valence-electron chi connectivity index (χ4n) is 9.19. The number of nitrogens with zero attached hydrogens (tertiary/aromatic N) is 2. The molecule has 0 aliphatic carbocycles. The molecule has 0 aliphatic rings. The molecule has 0 unspecified atom stereocenters. The second kappa shape index (κ2) is 12.7. The molecule has 12 aromatic rings. The zero-order valence-electron chi connectivity index (χ0n) is 30.9. The van der Waals surface area contributed by atoms with Crippen molar-refractivity contribution in [3.05, 3.63) is 206 Å². The average molecular weight is 743 g/mol. The van der Waals surface area contributed by atoms with Crippen molar-refractivity contribution >= 4 is 103 Å². The van der Waals surface area contributed by atoms with Crippen LogP contribution in [0.5, 0.6) is 0 Å². The van der Waals surface area contributed by atoms with Gasteiger partial charge in [0.15, 0.2) is 0 Å². The highest BCUT2D eigenvalue weighted by atomic mass is 32.1. The predicted octanol–water partition coefficient (Wildman–Crippen LogP) is 15.7. The largest absolute Gasteiger partial charge is 0.310 e. The average Bonchev–Trinajstić information content (AvgIpc) is 3.83. The van der Waals surface area contributed by atoms with Gasteiger partial charge in [-0.05, 0) is 81.2 Å². The molecule has 57 heavy (non-hydrogen) atoms. The summed E-state index contributed by atoms with van der Waals surface area (Å²) in [7, 11) is 0. The molecule has 0 saturated heterocycles. The standard InChI is InChI=1S/C54H34N2S/c1-2-14-35(15-3-1)37-26-29-39(30-27-37)55(40-31-28-36-16-4-5-17-38(36)32-40)49-33-51-53(45-22-8-6-20-43(45)49)54-46-23-9-7-21-44(46)50(34-52(54)57-51)56-47-24-12-10-18-41(47)42-19-11-13-25-48(42)56/h1-34H. The lowest BCUT2D eigenvalue weighted by molar-refractivity contribution is 1.20. The third-order valence-electron chi connectivity index (χ3n) is 11.7. The molecular weight excluding hydrogens is 709 g/mol. The van der Waals surface area contributed by atoms with Crippen LogP contribution in [0, 0.1) is 0 Å². The molecule has 12 rings (SSSR count). The zero-order valence-corrected chi connectivity index (χ0v) is 31.7. The summed E-state index contributed by atoms with van der Waals surface area (Å²) in [6, 6.07) is 75.6. The number of fused-ring (bicyclic) bond motifs is 11. The lowest BCUT2D eigenvalue weighted by Crippen LogP contribution is -2.10. The van der Waals surface area contributed by atoms with Gasteiger partial charge in [-0.3, -0.25) is 0 Å². The summed E-state index contributed by atoms with van der Waals surface area (Å²) in [6.45, 7) is 0. The van der Waals surface area contributed by atoms with Crippen molar-refractivity contribution in [2.24, 2.45) is 0 Å². The molecule has 0 bridgehead atoms. The number of benzene rings is 10. The normalized spacial score (nSPS) is 11.9. The number of thiophene rings is 1. The lowest BCUT2D eigenvalue weighted by Gasteiger charge is -2.28. The molecule has 2 heterocycles. The number of aromatic nitrogens is 1. The number of anilines is 3. The molecule has 10 aromatic carbocycles. The molecule has 0 saturated carbocycles. The summed E-state index contributed by atoms with van der Waals surface area (Å²) in [5.74, 6) is 0. The topological polar surface area (TPSA) is 8.17 Å². The van der Waals surface area contributed by atoms with Crippen LogP contribution in [0.4, 0.5) is 17.1 Å². The van der Waals surface area contributed by atoms with E-state index in [9.17, 15) is 0 Å². The Hall–Kier alpha value is -7.20. The van der Waals surface area contributed by atoms with Gasteiger partial charge >= 0.3 is 0 Å². The Morgan fingerprint density at radius 3 is 1.56 bits per heavy atom. The molecule has 2 nitrogen and oxygen atoms in total. The summed E-state index contributed by atoms with van der Waals surface area (Å²) < 4.78 is 5.03. The first-order valence-corrected chi connectivity index (χ1v) is 20.3. The maximum atomic E-state index is 2.47. The molecule has 2 aromatic heterocycles. The third-order valence-corrected chi connectivity index (χ3v) is 12.8. The van der Waals surface area contributed by atoms with Gasteiger partial charge in [0, 0.05) is 53.1 Å². The summed E-state index contributed by atoms with van der Waals surface area (Å²) in [6.07, 6.45) is 0. The van der Waals surface area contributed by atoms with Crippen LogP contribution >= 0.6 is 11.3 Å². The fourth-order valence-corrected chi connectivity index (χ4v) is 10.4. The van der Waals surface area contributed by atoms with Crippen LogP contribution in [-0.4, -0.2) is 4.57 Å². The molecule has 0 spiro atoms. The van der Waals surface area contributed by atoms with E-state index in [0.29, 0.717) is 0 Å². The quantitative estimate of drug-likeness (QED) is 0.170. The van der Waals surface area contributed by atoms with Crippen molar-refractivity contribution in [2.75, 3.05) is 4.90 Å². The second-order valence-electron chi connectivity index (χ2n) is 14.9. The van der Waals surface area contributed by atoms with Crippen LogP contribution < -0.4 is 4.90 Å². The van der Waals surface area contributed by atoms with Crippen LogP contribution in [0.15, 0.2) is 206 Å². The van der Waals surface area contributed by atoms with Gasteiger partial charge in [-0.15, -0.1) is 11.3 Å². The van der Waals surface area contributed by atoms with Crippen LogP contribution in [-0.2, 0) is 0 Å². The highest BCUT2D eigenvalue weighted by Gasteiger charge is 2.23. The Balaban J connectivity index is 1.14. The van der Waals surface area contributed by atoms with Crippen LogP contribution in [0.2, 0.25) is 0 Å². The maximum Gasteiger partial charge on any atom is 0.0555 e. The molecule has 0 N–H and O–H groups in total. The molecule has 0 amide bonds. The Morgan fingerprint density at radius 2 is 0.860 bits per heavy atom. The summed E-state index contributed by atoms with van der Waals surface area (Å²) in [5.41, 5.74) is 9.49. The van der Waals surface area contributed by atoms with Crippen LogP contribution in [0.25, 0.3) is 91.1 Å². The lowest BCUT2D eigenvalue weighted by atomic mass is 9.97. The molecule has 266 valence electrons. The summed E-state index contributed by atoms with van der Waals surface area (Å²) in [5, 5.41) is 12.6. The monoisotopic (exact) mass is 742 g/mol. The fraction of sp³-hybridized carbons (Fsp3) is 0. The SMILES string of the molecule is c1ccc(-c2ccc(N(c3ccc4ccccc4c3)c3cc4sc5cc(-n6c7ccccc7c7ccccc76)c6ccccc6c5c4c4ccccc34)cc2)cc1. The van der Waals surface area contributed by atoms with Gasteiger partial charge < -0.3 is 9.47 Å². The first kappa shape index (κ1) is 32.1. The van der Waals surface area contributed by atoms with Crippen molar-refractivity contribution in [2.45, 2.75) is 0 Å². The predicted molar refractivity (Wildman–Crippen MR) is 246 cm³/mol. The molecular formula is C54H34N2S. The van der Waals surface area contributed by atoms with Gasteiger partial charge in [0.2, 0.25) is 0 Å². The van der Waals surface area contributed by atoms with E-state index in [1.165, 1.54) is 96.8 Å². The Bertz CT molecular complexity index is 3470. The maximum absolute atomic E-state index is 2.47. The zero-order chi connectivity index (χ0) is 37.5. The van der Waals surface area contributed by atoms with E-state index in [0.717, 1.165) is 11.4 Å². The second-order valence-corrected chi connectivity index (χ2v) is 16.0. The van der Waals surface area contributed by atoms with Crippen molar-refractivity contribution in [1.82, 2.24) is 4.57 Å². The Labute approximate surface area is 333 Å². The number of rotatable bonds is 5. The summed E-state index contributed by atoms with van der Waals surface area (Å²) in [4.78, 5) is 2.45. The highest BCUT2D eigenvalue weighted by molar-refractivity contribution is 7.26. The van der Waals surface area contributed by atoms with Gasteiger partial charge in [0.05, 0.1) is 22.4 Å². The smallest absolute Gasteiger partial charge is 0.0555 e. The van der Waals surface area contributed by atoms with Gasteiger partial charge in [-0.1, -0.05) is 158 Å². The van der Waals surface area contributed by atoms with Gasteiger partial charge in [0.1, 0.15) is 0 Å². The third kappa shape index (κ3) is 4.96. The van der Waals surface area contributed by atoms with E-state index < -0.39 is 0 Å². The Kier molecular flexibility index (Phi) is 7.13. The number of hydrogen-bond donors (Lipinski definition) is 0. The molecule has 0 fully saturated rings. The van der Waals surface area contributed by atoms with Crippen molar-refractivity contribution in [3.8, 4) is 16.8 Å². The molecule has 0 atom stereocenters. The van der Waals surface area contributed by atoms with Crippen molar-refractivity contribution < 1.29 is 0 Å². The molecule has 0 radical (unpaired) electrons. The first-order chi connectivity index (χ1) is 28.3. The van der Waals surface area contributed by atoms with E-state index in [4.69, 9.17) is 0 Å². The molecule has 3 heteroatoms. The van der Waals surface area contributed by atoms with E-state index in [-0.39, 0.29) is 0 Å². The number of hydrogen-bond acceptors (Lipinski definition) is 2. The minimum absolute atomic E-state index is 1.12. The minimum Gasteiger partial charge on any atom is -0.310 e. The molecule has 0 aliphatic heterocycles. The Morgan fingerprint density at radius 1 is 0.351 bits per heavy atom. The van der Waals surface area contributed by atoms with E-state index in [2.05, 4.69) is 216 Å². The van der Waals surface area contributed by atoms with E-state index in [1.807, 2.05) is 11.3 Å². The van der Waals surface area contributed by atoms with Gasteiger partial charge in [-0.25, -0.2) is 0 Å². The minimum atomic E-state index is 1.12. The van der Waals surface area contributed by atoms with Gasteiger partial charge in [-0.2, -0.15) is 0 Å². The van der Waals surface area contributed by atoms with Crippen LogP contribution in [0.1, 0.15) is 0 Å². The summed E-state index contributed by atoms with van der Waals surface area (Å²) >= 11 is 1.90. The van der Waals surface area contributed by atoms with Gasteiger partial charge in [0.25, 0.3) is 0 Å².